The van der Waals surface area contributed by atoms with Gasteiger partial charge in [-0.05, 0) is 47.7 Å². The highest BCUT2D eigenvalue weighted by molar-refractivity contribution is 9.10. The zero-order chi connectivity index (χ0) is 12.8. The lowest BCUT2D eigenvalue weighted by Gasteiger charge is -2.13. The van der Waals surface area contributed by atoms with Crippen LogP contribution >= 0.6 is 15.9 Å². The molecule has 0 aromatic heterocycles. The second kappa shape index (κ2) is 7.12. The molecule has 1 saturated carbocycles. The molecule has 1 fully saturated rings. The standard InChI is InChI=1S/C14H20BrNO2/c15-13-5-3-4-11(10-16-12-6-7-12)14(13)18-9-2-1-8-17/h3-5,12,16-17H,1-2,6-10H2. The summed E-state index contributed by atoms with van der Waals surface area (Å²) in [5.74, 6) is 0.934. The Bertz CT molecular complexity index is 380. The van der Waals surface area contributed by atoms with E-state index < -0.39 is 0 Å². The third-order valence-electron chi connectivity index (χ3n) is 3.01. The number of para-hydroxylation sites is 1. The first-order valence-corrected chi connectivity index (χ1v) is 7.35. The van der Waals surface area contributed by atoms with Crippen molar-refractivity contribution in [1.82, 2.24) is 5.32 Å². The lowest BCUT2D eigenvalue weighted by Crippen LogP contribution is -2.16. The summed E-state index contributed by atoms with van der Waals surface area (Å²) in [6.07, 6.45) is 4.26. The molecular weight excluding hydrogens is 294 g/mol. The lowest BCUT2D eigenvalue weighted by molar-refractivity contribution is 0.251. The molecule has 18 heavy (non-hydrogen) atoms. The van der Waals surface area contributed by atoms with Gasteiger partial charge in [0.1, 0.15) is 5.75 Å². The smallest absolute Gasteiger partial charge is 0.137 e. The predicted molar refractivity (Wildman–Crippen MR) is 75.8 cm³/mol. The minimum absolute atomic E-state index is 0.232. The van der Waals surface area contributed by atoms with Gasteiger partial charge in [-0.25, -0.2) is 0 Å². The Kier molecular flexibility index (Phi) is 5.47. The van der Waals surface area contributed by atoms with Gasteiger partial charge >= 0.3 is 0 Å². The van der Waals surface area contributed by atoms with E-state index in [-0.39, 0.29) is 6.61 Å². The van der Waals surface area contributed by atoms with E-state index in [1.165, 1.54) is 18.4 Å². The van der Waals surface area contributed by atoms with E-state index in [1.54, 1.807) is 0 Å². The number of aliphatic hydroxyl groups excluding tert-OH is 1. The second-order valence-corrected chi connectivity index (χ2v) is 5.52. The number of rotatable bonds is 8. The van der Waals surface area contributed by atoms with E-state index in [9.17, 15) is 0 Å². The maximum atomic E-state index is 8.75. The highest BCUT2D eigenvalue weighted by Gasteiger charge is 2.20. The van der Waals surface area contributed by atoms with Gasteiger partial charge in [-0.2, -0.15) is 0 Å². The van der Waals surface area contributed by atoms with Gasteiger partial charge in [-0.3, -0.25) is 0 Å². The fourth-order valence-electron chi connectivity index (χ4n) is 1.78. The van der Waals surface area contributed by atoms with Gasteiger partial charge in [-0.1, -0.05) is 12.1 Å². The molecule has 0 bridgehead atoms. The largest absolute Gasteiger partial charge is 0.492 e. The molecule has 0 aliphatic heterocycles. The summed E-state index contributed by atoms with van der Waals surface area (Å²) in [5.41, 5.74) is 1.19. The molecule has 0 amide bonds. The summed E-state index contributed by atoms with van der Waals surface area (Å²) in [5, 5.41) is 12.3. The third-order valence-corrected chi connectivity index (χ3v) is 3.63. The molecule has 1 aromatic carbocycles. The molecule has 0 radical (unpaired) electrons. The number of aliphatic hydroxyl groups is 1. The fourth-order valence-corrected chi connectivity index (χ4v) is 2.31. The molecule has 3 nitrogen and oxygen atoms in total. The summed E-state index contributed by atoms with van der Waals surface area (Å²) in [7, 11) is 0. The SMILES string of the molecule is OCCCCOc1c(Br)cccc1CNC1CC1. The summed E-state index contributed by atoms with van der Waals surface area (Å²) < 4.78 is 6.83. The number of nitrogens with one attached hydrogen (secondary N) is 1. The van der Waals surface area contributed by atoms with Crippen LogP contribution in [0, 0.1) is 0 Å². The van der Waals surface area contributed by atoms with Gasteiger partial charge in [0.05, 0.1) is 11.1 Å². The molecule has 4 heteroatoms. The Balaban J connectivity index is 1.91. The van der Waals surface area contributed by atoms with Crippen molar-refractivity contribution < 1.29 is 9.84 Å². The first-order chi connectivity index (χ1) is 8.81. The molecule has 0 atom stereocenters. The number of hydrogen-bond donors (Lipinski definition) is 2. The summed E-state index contributed by atoms with van der Waals surface area (Å²) in [4.78, 5) is 0. The predicted octanol–water partition coefficient (Wildman–Crippen LogP) is 2.85. The lowest BCUT2D eigenvalue weighted by atomic mass is 10.2. The van der Waals surface area contributed by atoms with Gasteiger partial charge in [0, 0.05) is 24.8 Å². The van der Waals surface area contributed by atoms with E-state index in [1.807, 2.05) is 12.1 Å². The molecule has 1 aliphatic rings. The number of halogens is 1. The Hall–Kier alpha value is -0.580. The van der Waals surface area contributed by atoms with Gasteiger partial charge in [0.25, 0.3) is 0 Å². The van der Waals surface area contributed by atoms with Crippen LogP contribution in [-0.4, -0.2) is 24.4 Å². The number of ether oxygens (including phenoxy) is 1. The average molecular weight is 314 g/mol. The molecular formula is C14H20BrNO2. The summed E-state index contributed by atoms with van der Waals surface area (Å²) in [6.45, 7) is 1.74. The van der Waals surface area contributed by atoms with E-state index >= 15 is 0 Å². The van der Waals surface area contributed by atoms with E-state index in [0.717, 1.165) is 29.6 Å². The topological polar surface area (TPSA) is 41.5 Å². The van der Waals surface area contributed by atoms with Gasteiger partial charge in [-0.15, -0.1) is 0 Å². The zero-order valence-corrected chi connectivity index (χ0v) is 12.1. The van der Waals surface area contributed by atoms with Crippen LogP contribution < -0.4 is 10.1 Å². The van der Waals surface area contributed by atoms with Crippen LogP contribution in [0.4, 0.5) is 0 Å². The highest BCUT2D eigenvalue weighted by Crippen LogP contribution is 2.30. The highest BCUT2D eigenvalue weighted by atomic mass is 79.9. The quantitative estimate of drug-likeness (QED) is 0.725. The van der Waals surface area contributed by atoms with Gasteiger partial charge in [0.15, 0.2) is 0 Å². The molecule has 0 saturated heterocycles. The van der Waals surface area contributed by atoms with Crippen molar-refractivity contribution in [3.63, 3.8) is 0 Å². The molecule has 2 N–H and O–H groups in total. The van der Waals surface area contributed by atoms with Crippen LogP contribution in [0.3, 0.4) is 0 Å². The number of unbranched alkanes of at least 4 members (excludes halogenated alkanes) is 1. The molecule has 100 valence electrons. The molecule has 1 aliphatic carbocycles. The normalized spacial score (nSPS) is 14.8. The van der Waals surface area contributed by atoms with Crippen molar-refractivity contribution >= 4 is 15.9 Å². The Morgan fingerprint density at radius 1 is 1.33 bits per heavy atom. The first-order valence-electron chi connectivity index (χ1n) is 6.55. The van der Waals surface area contributed by atoms with E-state index in [0.29, 0.717) is 12.6 Å². The van der Waals surface area contributed by atoms with Crippen LogP contribution in [0.5, 0.6) is 5.75 Å². The van der Waals surface area contributed by atoms with Gasteiger partial charge < -0.3 is 15.2 Å². The average Bonchev–Trinajstić information content (AvgIpc) is 3.18. The summed E-state index contributed by atoms with van der Waals surface area (Å²) in [6, 6.07) is 6.84. The molecule has 0 unspecified atom stereocenters. The Morgan fingerprint density at radius 3 is 2.89 bits per heavy atom. The van der Waals surface area contributed by atoms with Crippen molar-refractivity contribution in [3.8, 4) is 5.75 Å². The minimum Gasteiger partial charge on any atom is -0.492 e. The van der Waals surface area contributed by atoms with Crippen LogP contribution in [0.1, 0.15) is 31.2 Å². The van der Waals surface area contributed by atoms with Crippen molar-refractivity contribution in [3.05, 3.63) is 28.2 Å². The van der Waals surface area contributed by atoms with Crippen molar-refractivity contribution in [2.75, 3.05) is 13.2 Å². The fraction of sp³-hybridized carbons (Fsp3) is 0.571. The first kappa shape index (κ1) is 13.8. The van der Waals surface area contributed by atoms with E-state index in [4.69, 9.17) is 9.84 Å². The maximum Gasteiger partial charge on any atom is 0.137 e. The van der Waals surface area contributed by atoms with E-state index in [2.05, 4.69) is 27.3 Å². The zero-order valence-electron chi connectivity index (χ0n) is 10.5. The summed E-state index contributed by atoms with van der Waals surface area (Å²) >= 11 is 3.54. The van der Waals surface area contributed by atoms with Gasteiger partial charge in [0.2, 0.25) is 0 Å². The second-order valence-electron chi connectivity index (χ2n) is 4.66. The minimum atomic E-state index is 0.232. The van der Waals surface area contributed by atoms with Crippen molar-refractivity contribution in [1.29, 1.82) is 0 Å². The van der Waals surface area contributed by atoms with Crippen molar-refractivity contribution in [2.45, 2.75) is 38.3 Å². The Labute approximate surface area is 117 Å². The molecule has 1 aromatic rings. The van der Waals surface area contributed by atoms with Crippen LogP contribution in [0.25, 0.3) is 0 Å². The number of hydrogen-bond acceptors (Lipinski definition) is 3. The van der Waals surface area contributed by atoms with Crippen LogP contribution in [-0.2, 0) is 6.54 Å². The third kappa shape index (κ3) is 4.26. The van der Waals surface area contributed by atoms with Crippen molar-refractivity contribution in [2.24, 2.45) is 0 Å². The number of benzene rings is 1. The molecule has 0 spiro atoms. The molecule has 0 heterocycles. The maximum absolute atomic E-state index is 8.75. The monoisotopic (exact) mass is 313 g/mol. The van der Waals surface area contributed by atoms with Crippen LogP contribution in [0.15, 0.2) is 22.7 Å². The molecule has 2 rings (SSSR count). The van der Waals surface area contributed by atoms with Crippen LogP contribution in [0.2, 0.25) is 0 Å². The Morgan fingerprint density at radius 2 is 2.17 bits per heavy atom.